The maximum Gasteiger partial charge on any atom is 0.0656 e. The van der Waals surface area contributed by atoms with Crippen molar-refractivity contribution in [2.24, 2.45) is 0 Å². The van der Waals surface area contributed by atoms with E-state index in [4.69, 9.17) is 0 Å². The molecule has 1 atom stereocenters. The molecule has 1 aromatic carbocycles. The molecule has 1 aromatic heterocycles. The third-order valence-electron chi connectivity index (χ3n) is 2.59. The largest absolute Gasteiger partial charge is 0.137 e. The van der Waals surface area contributed by atoms with E-state index >= 15 is 0 Å². The number of hydrogen-bond donors (Lipinski definition) is 0. The minimum atomic E-state index is 0.312. The number of benzene rings is 1. The first-order chi connectivity index (χ1) is 7.58. The van der Waals surface area contributed by atoms with E-state index in [0.29, 0.717) is 4.83 Å². The molecule has 1 unspecified atom stereocenters. The van der Waals surface area contributed by atoms with Gasteiger partial charge in [0.15, 0.2) is 0 Å². The van der Waals surface area contributed by atoms with Crippen LogP contribution in [-0.4, -0.2) is 0 Å². The van der Waals surface area contributed by atoms with E-state index in [1.54, 1.807) is 11.3 Å². The van der Waals surface area contributed by atoms with Crippen LogP contribution in [0.1, 0.15) is 27.1 Å². The highest BCUT2D eigenvalue weighted by molar-refractivity contribution is 14.1. The molecule has 0 N–H and O–H groups in total. The zero-order chi connectivity index (χ0) is 11.7. The zero-order valence-corrected chi connectivity index (χ0v) is 13.7. The fraction of sp³-hybridized carbons (Fsp3) is 0.231. The average molecular weight is 407 g/mol. The summed E-state index contributed by atoms with van der Waals surface area (Å²) in [5, 5.41) is 2.23. The van der Waals surface area contributed by atoms with Crippen LogP contribution in [0.4, 0.5) is 0 Å². The summed E-state index contributed by atoms with van der Waals surface area (Å²) in [5.74, 6) is 0. The Morgan fingerprint density at radius 3 is 2.62 bits per heavy atom. The minimum Gasteiger partial charge on any atom is -0.137 e. The second kappa shape index (κ2) is 5.19. The predicted octanol–water partition coefficient (Wildman–Crippen LogP) is 5.45. The predicted molar refractivity (Wildman–Crippen MR) is 83.7 cm³/mol. The summed E-state index contributed by atoms with van der Waals surface area (Å²) < 4.78 is 1.34. The Morgan fingerprint density at radius 2 is 2.00 bits per heavy atom. The Balaban J connectivity index is 2.40. The molecule has 0 aliphatic heterocycles. The first-order valence-electron chi connectivity index (χ1n) is 5.03. The Labute approximate surface area is 122 Å². The van der Waals surface area contributed by atoms with Gasteiger partial charge in [0.2, 0.25) is 0 Å². The van der Waals surface area contributed by atoms with Crippen molar-refractivity contribution in [2.75, 3.05) is 0 Å². The van der Waals surface area contributed by atoms with Crippen molar-refractivity contribution in [3.8, 4) is 0 Å². The van der Waals surface area contributed by atoms with Crippen molar-refractivity contribution in [3.05, 3.63) is 54.8 Å². The zero-order valence-electron chi connectivity index (χ0n) is 9.13. The first kappa shape index (κ1) is 12.6. The second-order valence-electron chi connectivity index (χ2n) is 3.91. The first-order valence-corrected chi connectivity index (χ1v) is 7.90. The number of hydrogen-bond acceptors (Lipinski definition) is 1. The fourth-order valence-electron chi connectivity index (χ4n) is 1.67. The van der Waals surface area contributed by atoms with E-state index in [9.17, 15) is 0 Å². The number of aryl methyl sites for hydroxylation is 2. The van der Waals surface area contributed by atoms with Gasteiger partial charge in [0, 0.05) is 0 Å². The highest BCUT2D eigenvalue weighted by Crippen LogP contribution is 2.35. The van der Waals surface area contributed by atoms with Gasteiger partial charge in [-0.25, -0.2) is 0 Å². The van der Waals surface area contributed by atoms with Gasteiger partial charge in [-0.15, -0.1) is 11.3 Å². The molecule has 0 aliphatic carbocycles. The SMILES string of the molecule is Cc1ccc(C)c(C(Br)c2csc(I)c2)c1. The van der Waals surface area contributed by atoms with E-state index in [-0.39, 0.29) is 0 Å². The standard InChI is InChI=1S/C13H12BrIS/c1-8-3-4-9(2)11(5-8)13(14)10-6-12(15)16-7-10/h3-7,13H,1-2H3. The van der Waals surface area contributed by atoms with Gasteiger partial charge in [-0.3, -0.25) is 0 Å². The Hall–Kier alpha value is 0.130. The number of thiophene rings is 1. The number of rotatable bonds is 2. The highest BCUT2D eigenvalue weighted by Gasteiger charge is 2.14. The van der Waals surface area contributed by atoms with E-state index < -0.39 is 0 Å². The van der Waals surface area contributed by atoms with Crippen molar-refractivity contribution in [2.45, 2.75) is 18.7 Å². The highest BCUT2D eigenvalue weighted by atomic mass is 127. The van der Waals surface area contributed by atoms with Crippen LogP contribution in [0, 0.1) is 16.7 Å². The molecule has 3 heteroatoms. The molecule has 2 rings (SSSR count). The van der Waals surface area contributed by atoms with E-state index in [1.165, 1.54) is 25.1 Å². The molecule has 0 aliphatic rings. The van der Waals surface area contributed by atoms with Crippen molar-refractivity contribution in [3.63, 3.8) is 0 Å². The van der Waals surface area contributed by atoms with Crippen LogP contribution in [0.5, 0.6) is 0 Å². The summed E-state index contributed by atoms with van der Waals surface area (Å²) in [5.41, 5.74) is 5.38. The maximum absolute atomic E-state index is 3.80. The Morgan fingerprint density at radius 1 is 1.25 bits per heavy atom. The average Bonchev–Trinajstić information content (AvgIpc) is 2.67. The smallest absolute Gasteiger partial charge is 0.0656 e. The monoisotopic (exact) mass is 406 g/mol. The molecule has 2 aromatic rings. The molecule has 84 valence electrons. The molecule has 0 saturated carbocycles. The third kappa shape index (κ3) is 2.68. The summed E-state index contributed by atoms with van der Waals surface area (Å²) in [6.07, 6.45) is 0. The van der Waals surface area contributed by atoms with Gasteiger partial charge in [-0.2, -0.15) is 0 Å². The summed E-state index contributed by atoms with van der Waals surface area (Å²) in [4.78, 5) is 0.312. The molecule has 0 spiro atoms. The van der Waals surface area contributed by atoms with Crippen LogP contribution < -0.4 is 0 Å². The molecule has 0 bridgehead atoms. The molecule has 1 heterocycles. The van der Waals surface area contributed by atoms with Crippen LogP contribution >= 0.6 is 49.9 Å². The molecule has 0 saturated heterocycles. The van der Waals surface area contributed by atoms with Gasteiger partial charge in [-0.05, 0) is 64.6 Å². The summed E-state index contributed by atoms with van der Waals surface area (Å²) in [6.45, 7) is 4.31. The lowest BCUT2D eigenvalue weighted by molar-refractivity contribution is 1.14. The molecule has 0 amide bonds. The van der Waals surface area contributed by atoms with Gasteiger partial charge < -0.3 is 0 Å². The van der Waals surface area contributed by atoms with Crippen molar-refractivity contribution >= 4 is 49.9 Å². The van der Waals surface area contributed by atoms with Gasteiger partial charge in [0.1, 0.15) is 0 Å². The van der Waals surface area contributed by atoms with Crippen LogP contribution in [0.2, 0.25) is 0 Å². The molecule has 16 heavy (non-hydrogen) atoms. The van der Waals surface area contributed by atoms with Crippen LogP contribution in [-0.2, 0) is 0 Å². The topological polar surface area (TPSA) is 0 Å². The molecule has 0 nitrogen and oxygen atoms in total. The van der Waals surface area contributed by atoms with Crippen molar-refractivity contribution in [1.29, 1.82) is 0 Å². The van der Waals surface area contributed by atoms with E-state index in [2.05, 4.69) is 82.0 Å². The Kier molecular flexibility index (Phi) is 4.08. The summed E-state index contributed by atoms with van der Waals surface area (Å²) in [7, 11) is 0. The molecule has 0 fully saturated rings. The second-order valence-corrected chi connectivity index (χ2v) is 7.63. The van der Waals surface area contributed by atoms with Gasteiger partial charge >= 0.3 is 0 Å². The van der Waals surface area contributed by atoms with Crippen LogP contribution in [0.25, 0.3) is 0 Å². The van der Waals surface area contributed by atoms with Crippen LogP contribution in [0.15, 0.2) is 29.6 Å². The fourth-order valence-corrected chi connectivity index (χ4v) is 4.00. The van der Waals surface area contributed by atoms with Gasteiger partial charge in [0.05, 0.1) is 7.71 Å². The minimum absolute atomic E-state index is 0.312. The van der Waals surface area contributed by atoms with E-state index in [1.807, 2.05) is 0 Å². The molecular weight excluding hydrogens is 395 g/mol. The van der Waals surface area contributed by atoms with Crippen molar-refractivity contribution in [1.82, 2.24) is 0 Å². The lowest BCUT2D eigenvalue weighted by atomic mass is 10.0. The van der Waals surface area contributed by atoms with Crippen LogP contribution in [0.3, 0.4) is 0 Å². The summed E-state index contributed by atoms with van der Waals surface area (Å²) in [6, 6.07) is 8.86. The Bertz CT molecular complexity index is 504. The lowest BCUT2D eigenvalue weighted by Gasteiger charge is -2.12. The quantitative estimate of drug-likeness (QED) is 0.459. The van der Waals surface area contributed by atoms with Gasteiger partial charge in [-0.1, -0.05) is 39.7 Å². The van der Waals surface area contributed by atoms with E-state index in [0.717, 1.165) is 0 Å². The van der Waals surface area contributed by atoms with Gasteiger partial charge in [0.25, 0.3) is 0 Å². The third-order valence-corrected chi connectivity index (χ3v) is 5.42. The lowest BCUT2D eigenvalue weighted by Crippen LogP contribution is -1.95. The number of halogens is 2. The van der Waals surface area contributed by atoms with Crippen molar-refractivity contribution < 1.29 is 0 Å². The summed E-state index contributed by atoms with van der Waals surface area (Å²) >= 11 is 7.96. The normalized spacial score (nSPS) is 12.8. The number of alkyl halides is 1. The maximum atomic E-state index is 3.80. The molecular formula is C13H12BrIS. The molecule has 0 radical (unpaired) electrons.